The fraction of sp³-hybridized carbons (Fsp3) is 0.900. The van der Waals surface area contributed by atoms with Gasteiger partial charge < -0.3 is 10.6 Å². The van der Waals surface area contributed by atoms with Crippen LogP contribution in [0.2, 0.25) is 0 Å². The maximum Gasteiger partial charge on any atom is 0.219 e. The summed E-state index contributed by atoms with van der Waals surface area (Å²) in [6, 6.07) is 0.735. The fourth-order valence-corrected chi connectivity index (χ4v) is 2.51. The Hall–Kier alpha value is -0.280. The minimum atomic E-state index is 0. The molecule has 2 bridgehead atoms. The minimum absolute atomic E-state index is 0. The van der Waals surface area contributed by atoms with E-state index in [1.54, 1.807) is 0 Å². The van der Waals surface area contributed by atoms with Gasteiger partial charge in [-0.2, -0.15) is 0 Å². The molecule has 2 aliphatic heterocycles. The lowest BCUT2D eigenvalue weighted by Gasteiger charge is -2.26. The molecule has 3 nitrogen and oxygen atoms in total. The summed E-state index contributed by atoms with van der Waals surface area (Å²) in [6.07, 6.45) is 5.66. The third-order valence-electron chi connectivity index (χ3n) is 3.40. The van der Waals surface area contributed by atoms with Crippen LogP contribution in [0.25, 0.3) is 0 Å². The second-order valence-electron chi connectivity index (χ2n) is 4.33. The van der Waals surface area contributed by atoms with E-state index in [1.807, 2.05) is 6.92 Å². The Balaban J connectivity index is 0.000000980. The van der Waals surface area contributed by atoms with Crippen molar-refractivity contribution in [2.24, 2.45) is 0 Å². The predicted octanol–water partition coefficient (Wildman–Crippen LogP) is 1.22. The highest BCUT2D eigenvalue weighted by molar-refractivity contribution is 5.85. The molecule has 1 amide bonds. The zero-order chi connectivity index (χ0) is 9.31. The fourth-order valence-electron chi connectivity index (χ4n) is 2.51. The average Bonchev–Trinajstić information content (AvgIpc) is 2.74. The molecule has 0 aromatic carbocycles. The van der Waals surface area contributed by atoms with Crippen LogP contribution < -0.4 is 10.6 Å². The lowest BCUT2D eigenvalue weighted by Crippen LogP contribution is -2.47. The summed E-state index contributed by atoms with van der Waals surface area (Å²) in [5, 5.41) is 6.60. The molecule has 2 N–H and O–H groups in total. The zero-order valence-corrected chi connectivity index (χ0v) is 9.45. The van der Waals surface area contributed by atoms with Gasteiger partial charge in [-0.15, -0.1) is 12.4 Å². The van der Waals surface area contributed by atoms with Gasteiger partial charge in [0.25, 0.3) is 0 Å². The van der Waals surface area contributed by atoms with Crippen molar-refractivity contribution >= 4 is 18.3 Å². The number of halogens is 1. The first-order valence-electron chi connectivity index (χ1n) is 5.28. The first kappa shape index (κ1) is 11.8. The Kier molecular flexibility index (Phi) is 3.78. The van der Waals surface area contributed by atoms with Crippen molar-refractivity contribution < 1.29 is 4.79 Å². The van der Waals surface area contributed by atoms with Gasteiger partial charge in [0.05, 0.1) is 0 Å². The number of hydrogen-bond donors (Lipinski definition) is 2. The van der Waals surface area contributed by atoms with E-state index in [9.17, 15) is 4.79 Å². The number of rotatable bonds is 3. The van der Waals surface area contributed by atoms with E-state index in [4.69, 9.17) is 0 Å². The first-order chi connectivity index (χ1) is 6.24. The molecule has 2 rings (SSSR count). The number of amides is 1. The maximum atomic E-state index is 11.1. The molecule has 0 aromatic heterocycles. The van der Waals surface area contributed by atoms with E-state index < -0.39 is 0 Å². The Labute approximate surface area is 91.4 Å². The molecule has 0 saturated carbocycles. The molecule has 2 fully saturated rings. The zero-order valence-electron chi connectivity index (χ0n) is 8.64. The molecular formula is C10H19ClN2O. The molecule has 2 aliphatic rings. The lowest BCUT2D eigenvalue weighted by atomic mass is 9.88. The van der Waals surface area contributed by atoms with Gasteiger partial charge in [-0.25, -0.2) is 0 Å². The van der Waals surface area contributed by atoms with Crippen LogP contribution in [0.1, 0.15) is 39.0 Å². The van der Waals surface area contributed by atoms with E-state index in [0.717, 1.165) is 12.6 Å². The van der Waals surface area contributed by atoms with Crippen molar-refractivity contribution in [1.29, 1.82) is 0 Å². The summed E-state index contributed by atoms with van der Waals surface area (Å²) in [5.74, 6) is 0.173. The van der Waals surface area contributed by atoms with Gasteiger partial charge in [-0.1, -0.05) is 6.92 Å². The van der Waals surface area contributed by atoms with E-state index in [0.29, 0.717) is 6.42 Å². The lowest BCUT2D eigenvalue weighted by molar-refractivity contribution is -0.121. The monoisotopic (exact) mass is 218 g/mol. The van der Waals surface area contributed by atoms with Gasteiger partial charge in [0.1, 0.15) is 0 Å². The number of hydrogen-bond acceptors (Lipinski definition) is 2. The molecule has 0 radical (unpaired) electrons. The normalized spacial score (nSPS) is 33.9. The Morgan fingerprint density at radius 3 is 2.57 bits per heavy atom. The summed E-state index contributed by atoms with van der Waals surface area (Å²) in [4.78, 5) is 11.1. The summed E-state index contributed by atoms with van der Waals surface area (Å²) in [7, 11) is 0. The Morgan fingerprint density at radius 2 is 2.14 bits per heavy atom. The van der Waals surface area contributed by atoms with Crippen LogP contribution in [0.5, 0.6) is 0 Å². The SMILES string of the molecule is CCC(=O)NCC12CCC(CC1)N2.Cl. The maximum absolute atomic E-state index is 11.1. The van der Waals surface area contributed by atoms with Gasteiger partial charge in [-0.05, 0) is 25.7 Å². The summed E-state index contributed by atoms with van der Waals surface area (Å²) in [6.45, 7) is 2.72. The van der Waals surface area contributed by atoms with Crippen molar-refractivity contribution in [3.05, 3.63) is 0 Å². The molecule has 82 valence electrons. The van der Waals surface area contributed by atoms with E-state index in [1.165, 1.54) is 25.7 Å². The third kappa shape index (κ3) is 2.20. The van der Waals surface area contributed by atoms with Crippen LogP contribution in [-0.4, -0.2) is 24.0 Å². The second-order valence-corrected chi connectivity index (χ2v) is 4.33. The van der Waals surface area contributed by atoms with Crippen LogP contribution in [-0.2, 0) is 4.79 Å². The van der Waals surface area contributed by atoms with Crippen molar-refractivity contribution in [3.63, 3.8) is 0 Å². The smallest absolute Gasteiger partial charge is 0.219 e. The molecule has 14 heavy (non-hydrogen) atoms. The van der Waals surface area contributed by atoms with E-state index in [2.05, 4.69) is 10.6 Å². The molecule has 2 heterocycles. The average molecular weight is 219 g/mol. The molecule has 0 unspecified atom stereocenters. The highest BCUT2D eigenvalue weighted by Gasteiger charge is 2.43. The minimum Gasteiger partial charge on any atom is -0.354 e. The van der Waals surface area contributed by atoms with E-state index >= 15 is 0 Å². The van der Waals surface area contributed by atoms with Gasteiger partial charge in [0, 0.05) is 24.5 Å². The molecule has 4 heteroatoms. The van der Waals surface area contributed by atoms with Crippen LogP contribution in [0, 0.1) is 0 Å². The number of carbonyl (C=O) groups is 1. The molecule has 0 atom stereocenters. The topological polar surface area (TPSA) is 41.1 Å². The standard InChI is InChI=1S/C10H18N2O.ClH/c1-2-9(13)11-7-10-5-3-8(12-10)4-6-10;/h8,12H,2-7H2,1H3,(H,11,13);1H. The summed E-state index contributed by atoms with van der Waals surface area (Å²) >= 11 is 0. The summed E-state index contributed by atoms with van der Waals surface area (Å²) < 4.78 is 0. The highest BCUT2D eigenvalue weighted by Crippen LogP contribution is 2.36. The van der Waals surface area contributed by atoms with Gasteiger partial charge in [-0.3, -0.25) is 4.79 Å². The van der Waals surface area contributed by atoms with E-state index in [-0.39, 0.29) is 23.9 Å². The van der Waals surface area contributed by atoms with Gasteiger partial charge >= 0.3 is 0 Å². The van der Waals surface area contributed by atoms with Crippen LogP contribution in [0.4, 0.5) is 0 Å². The van der Waals surface area contributed by atoms with Crippen molar-refractivity contribution in [2.75, 3.05) is 6.54 Å². The van der Waals surface area contributed by atoms with Crippen molar-refractivity contribution in [2.45, 2.75) is 50.6 Å². The Morgan fingerprint density at radius 1 is 1.50 bits per heavy atom. The van der Waals surface area contributed by atoms with Crippen molar-refractivity contribution in [3.8, 4) is 0 Å². The van der Waals surface area contributed by atoms with Gasteiger partial charge in [0.15, 0.2) is 0 Å². The highest BCUT2D eigenvalue weighted by atomic mass is 35.5. The first-order valence-corrected chi connectivity index (χ1v) is 5.28. The predicted molar refractivity (Wildman–Crippen MR) is 58.7 cm³/mol. The molecule has 0 aliphatic carbocycles. The number of carbonyl (C=O) groups excluding carboxylic acids is 1. The molecule has 2 saturated heterocycles. The Bertz CT molecular complexity index is 212. The quantitative estimate of drug-likeness (QED) is 0.748. The van der Waals surface area contributed by atoms with Crippen LogP contribution in [0.3, 0.4) is 0 Å². The number of fused-ring (bicyclic) bond motifs is 2. The van der Waals surface area contributed by atoms with Crippen LogP contribution in [0.15, 0.2) is 0 Å². The van der Waals surface area contributed by atoms with Crippen LogP contribution >= 0.6 is 12.4 Å². The van der Waals surface area contributed by atoms with Gasteiger partial charge in [0.2, 0.25) is 5.91 Å². The molecule has 0 aromatic rings. The van der Waals surface area contributed by atoms with Crippen molar-refractivity contribution in [1.82, 2.24) is 10.6 Å². The third-order valence-corrected chi connectivity index (χ3v) is 3.40. The second kappa shape index (κ2) is 4.49. The molecule has 0 spiro atoms. The largest absolute Gasteiger partial charge is 0.354 e. The molecular weight excluding hydrogens is 200 g/mol. The number of nitrogens with one attached hydrogen (secondary N) is 2. The summed E-state index contributed by atoms with van der Waals surface area (Å²) in [5.41, 5.74) is 0.259.